The molecule has 1 N–H and O–H groups in total. The number of carbonyl (C=O) groups is 1. The number of hydrogen-bond donors (Lipinski definition) is 1. The van der Waals surface area contributed by atoms with E-state index in [1.54, 1.807) is 6.08 Å². The number of alkyl carbamates (subject to hydrolysis) is 1. The van der Waals surface area contributed by atoms with Crippen LogP contribution < -0.4 is 5.32 Å². The molecule has 0 heterocycles. The van der Waals surface area contributed by atoms with Gasteiger partial charge in [0.15, 0.2) is 0 Å². The molecule has 0 aliphatic carbocycles. The highest BCUT2D eigenvalue weighted by molar-refractivity contribution is 5.68. The Hall–Kier alpha value is -2.55. The molecule has 0 aliphatic rings. The van der Waals surface area contributed by atoms with Gasteiger partial charge in [-0.1, -0.05) is 66.7 Å². The zero-order chi connectivity index (χ0) is 14.9. The number of amides is 1. The molecule has 0 saturated heterocycles. The Bertz CT molecular complexity index is 566. The highest BCUT2D eigenvalue weighted by atomic mass is 16.5. The number of hydrogen-bond acceptors (Lipinski definition) is 2. The minimum Gasteiger partial charge on any atom is -0.445 e. The van der Waals surface area contributed by atoms with Crippen LogP contribution in [0.15, 0.2) is 73.3 Å². The molecule has 108 valence electrons. The van der Waals surface area contributed by atoms with Crippen LogP contribution in [0.25, 0.3) is 0 Å². The lowest BCUT2D eigenvalue weighted by Gasteiger charge is -2.15. The van der Waals surface area contributed by atoms with Crippen LogP contribution in [0.3, 0.4) is 0 Å². The molecule has 21 heavy (non-hydrogen) atoms. The van der Waals surface area contributed by atoms with Gasteiger partial charge in [0.25, 0.3) is 0 Å². The standard InChI is InChI=1S/C18H19NO2/c1-2-17(13-15-9-5-3-6-10-15)19-18(20)21-14-16-11-7-4-8-12-16/h2-12,17H,1,13-14H2,(H,19,20)/t17-/m0/s1. The highest BCUT2D eigenvalue weighted by Crippen LogP contribution is 2.05. The molecule has 1 atom stereocenters. The van der Waals surface area contributed by atoms with E-state index in [2.05, 4.69) is 11.9 Å². The highest BCUT2D eigenvalue weighted by Gasteiger charge is 2.10. The van der Waals surface area contributed by atoms with Crippen molar-refractivity contribution in [2.24, 2.45) is 0 Å². The minimum atomic E-state index is -0.431. The van der Waals surface area contributed by atoms with E-state index in [1.165, 1.54) is 0 Å². The van der Waals surface area contributed by atoms with E-state index in [0.29, 0.717) is 6.42 Å². The van der Waals surface area contributed by atoms with E-state index >= 15 is 0 Å². The monoisotopic (exact) mass is 281 g/mol. The van der Waals surface area contributed by atoms with Crippen LogP contribution >= 0.6 is 0 Å². The van der Waals surface area contributed by atoms with Crippen molar-refractivity contribution in [3.63, 3.8) is 0 Å². The summed E-state index contributed by atoms with van der Waals surface area (Å²) in [4.78, 5) is 11.8. The van der Waals surface area contributed by atoms with Gasteiger partial charge in [-0.05, 0) is 17.5 Å². The molecular formula is C18H19NO2. The van der Waals surface area contributed by atoms with E-state index in [-0.39, 0.29) is 12.6 Å². The van der Waals surface area contributed by atoms with Gasteiger partial charge in [0.1, 0.15) is 6.61 Å². The van der Waals surface area contributed by atoms with Gasteiger partial charge in [-0.3, -0.25) is 0 Å². The first-order valence-corrected chi connectivity index (χ1v) is 6.91. The van der Waals surface area contributed by atoms with Gasteiger partial charge >= 0.3 is 6.09 Å². The maximum absolute atomic E-state index is 11.8. The first kappa shape index (κ1) is 14.9. The lowest BCUT2D eigenvalue weighted by atomic mass is 10.1. The molecule has 2 aromatic carbocycles. The predicted molar refractivity (Wildman–Crippen MR) is 83.9 cm³/mol. The topological polar surface area (TPSA) is 38.3 Å². The van der Waals surface area contributed by atoms with Gasteiger partial charge in [-0.15, -0.1) is 6.58 Å². The van der Waals surface area contributed by atoms with Crippen LogP contribution in [0.4, 0.5) is 4.79 Å². The fourth-order valence-electron chi connectivity index (χ4n) is 1.98. The summed E-state index contributed by atoms with van der Waals surface area (Å²) < 4.78 is 5.20. The van der Waals surface area contributed by atoms with Crippen LogP contribution in [-0.4, -0.2) is 12.1 Å². The largest absolute Gasteiger partial charge is 0.445 e. The van der Waals surface area contributed by atoms with Gasteiger partial charge < -0.3 is 10.1 Å². The van der Waals surface area contributed by atoms with Crippen LogP contribution in [-0.2, 0) is 17.8 Å². The molecule has 0 aromatic heterocycles. The average Bonchev–Trinajstić information content (AvgIpc) is 2.54. The van der Waals surface area contributed by atoms with E-state index in [9.17, 15) is 4.79 Å². The normalized spacial score (nSPS) is 11.4. The molecule has 0 fully saturated rings. The number of nitrogens with one attached hydrogen (secondary N) is 1. The van der Waals surface area contributed by atoms with Crippen molar-refractivity contribution in [3.05, 3.63) is 84.4 Å². The van der Waals surface area contributed by atoms with Crippen LogP contribution in [0.5, 0.6) is 0 Å². The van der Waals surface area contributed by atoms with Gasteiger partial charge in [0.05, 0.1) is 6.04 Å². The molecule has 2 rings (SSSR count). The molecule has 0 bridgehead atoms. The second-order valence-corrected chi connectivity index (χ2v) is 4.74. The van der Waals surface area contributed by atoms with E-state index in [0.717, 1.165) is 11.1 Å². The molecule has 2 aromatic rings. The van der Waals surface area contributed by atoms with Crippen molar-refractivity contribution >= 4 is 6.09 Å². The van der Waals surface area contributed by atoms with Crippen molar-refractivity contribution in [1.82, 2.24) is 5.32 Å². The van der Waals surface area contributed by atoms with Gasteiger partial charge in [0, 0.05) is 0 Å². The van der Waals surface area contributed by atoms with Crippen molar-refractivity contribution in [2.45, 2.75) is 19.1 Å². The summed E-state index contributed by atoms with van der Waals surface area (Å²) in [5.41, 5.74) is 2.11. The number of carbonyl (C=O) groups excluding carboxylic acids is 1. The fraction of sp³-hybridized carbons (Fsp3) is 0.167. The Kier molecular flexibility index (Phi) is 5.59. The van der Waals surface area contributed by atoms with Gasteiger partial charge in [-0.2, -0.15) is 0 Å². The van der Waals surface area contributed by atoms with Crippen molar-refractivity contribution in [3.8, 4) is 0 Å². The molecule has 0 unspecified atom stereocenters. The number of rotatable bonds is 6. The van der Waals surface area contributed by atoms with Gasteiger partial charge in [0.2, 0.25) is 0 Å². The van der Waals surface area contributed by atoms with Crippen molar-refractivity contribution < 1.29 is 9.53 Å². The molecule has 1 amide bonds. The second kappa shape index (κ2) is 7.90. The first-order valence-electron chi connectivity index (χ1n) is 6.91. The quantitative estimate of drug-likeness (QED) is 0.820. The summed E-state index contributed by atoms with van der Waals surface area (Å²) in [5, 5.41) is 2.81. The maximum Gasteiger partial charge on any atom is 0.407 e. The average molecular weight is 281 g/mol. The minimum absolute atomic E-state index is 0.143. The predicted octanol–water partition coefficient (Wildman–Crippen LogP) is 3.71. The second-order valence-electron chi connectivity index (χ2n) is 4.74. The van der Waals surface area contributed by atoms with Crippen LogP contribution in [0.1, 0.15) is 11.1 Å². The summed E-state index contributed by atoms with van der Waals surface area (Å²) in [6.45, 7) is 4.02. The Morgan fingerprint density at radius 2 is 1.62 bits per heavy atom. The Morgan fingerprint density at radius 3 is 2.19 bits per heavy atom. The van der Waals surface area contributed by atoms with E-state index in [1.807, 2.05) is 60.7 Å². The summed E-state index contributed by atoms with van der Waals surface area (Å²) in [6.07, 6.45) is 1.99. The maximum atomic E-state index is 11.8. The molecule has 3 nitrogen and oxygen atoms in total. The van der Waals surface area contributed by atoms with E-state index < -0.39 is 6.09 Å². The SMILES string of the molecule is C=C[C@@H](Cc1ccccc1)NC(=O)OCc1ccccc1. The lowest BCUT2D eigenvalue weighted by molar-refractivity contribution is 0.137. The van der Waals surface area contributed by atoms with Crippen molar-refractivity contribution in [2.75, 3.05) is 0 Å². The number of ether oxygens (including phenoxy) is 1. The third-order valence-corrected chi connectivity index (χ3v) is 3.10. The third-order valence-electron chi connectivity index (χ3n) is 3.10. The van der Waals surface area contributed by atoms with Crippen LogP contribution in [0.2, 0.25) is 0 Å². The number of benzene rings is 2. The molecular weight excluding hydrogens is 262 g/mol. The zero-order valence-corrected chi connectivity index (χ0v) is 11.9. The van der Waals surface area contributed by atoms with Gasteiger partial charge in [-0.25, -0.2) is 4.79 Å². The molecule has 0 aliphatic heterocycles. The Balaban J connectivity index is 1.81. The third kappa shape index (κ3) is 5.15. The molecule has 0 spiro atoms. The molecule has 3 heteroatoms. The van der Waals surface area contributed by atoms with Crippen LogP contribution in [0, 0.1) is 0 Å². The zero-order valence-electron chi connectivity index (χ0n) is 11.9. The summed E-state index contributed by atoms with van der Waals surface area (Å²) in [7, 11) is 0. The first-order chi connectivity index (χ1) is 10.3. The van der Waals surface area contributed by atoms with E-state index in [4.69, 9.17) is 4.74 Å². The summed E-state index contributed by atoms with van der Waals surface area (Å²) >= 11 is 0. The molecule has 0 saturated carbocycles. The smallest absolute Gasteiger partial charge is 0.407 e. The summed E-state index contributed by atoms with van der Waals surface area (Å²) in [5.74, 6) is 0. The fourth-order valence-corrected chi connectivity index (χ4v) is 1.98. The molecule has 0 radical (unpaired) electrons. The lowest BCUT2D eigenvalue weighted by Crippen LogP contribution is -2.35. The Labute approximate surface area is 125 Å². The van der Waals surface area contributed by atoms with Crippen molar-refractivity contribution in [1.29, 1.82) is 0 Å². The summed E-state index contributed by atoms with van der Waals surface area (Å²) in [6, 6.07) is 19.4. The Morgan fingerprint density at radius 1 is 1.05 bits per heavy atom.